The largest absolute Gasteiger partial charge is 0.370 e. The summed E-state index contributed by atoms with van der Waals surface area (Å²) in [5, 5.41) is 3.03. The molecule has 0 spiro atoms. The lowest BCUT2D eigenvalue weighted by Gasteiger charge is -2.07. The highest BCUT2D eigenvalue weighted by Gasteiger charge is 2.38. The molecule has 2 N–H and O–H groups in total. The first-order valence-electron chi connectivity index (χ1n) is 6.29. The third-order valence-electron chi connectivity index (χ3n) is 3.16. The van der Waals surface area contributed by atoms with E-state index in [-0.39, 0.29) is 10.9 Å². The Morgan fingerprint density at radius 1 is 1.39 bits per heavy atom. The highest BCUT2D eigenvalue weighted by atomic mass is 32.2. The fourth-order valence-corrected chi connectivity index (χ4v) is 3.20. The first-order chi connectivity index (χ1) is 8.56. The van der Waals surface area contributed by atoms with Gasteiger partial charge < -0.3 is 5.32 Å². The second-order valence-electron chi connectivity index (χ2n) is 4.54. The Balaban J connectivity index is 2.05. The molecule has 0 saturated heterocycles. The molecule has 2 atom stereocenters. The van der Waals surface area contributed by atoms with Crippen molar-refractivity contribution in [3.8, 4) is 0 Å². The fourth-order valence-electron chi connectivity index (χ4n) is 1.94. The number of nitrogens with one attached hydrogen (secondary N) is 2. The van der Waals surface area contributed by atoms with Gasteiger partial charge in [0.15, 0.2) is 0 Å². The van der Waals surface area contributed by atoms with Crippen molar-refractivity contribution in [1.82, 2.24) is 9.71 Å². The zero-order valence-electron chi connectivity index (χ0n) is 10.7. The Hall–Kier alpha value is -1.14. The van der Waals surface area contributed by atoms with Gasteiger partial charge in [0.2, 0.25) is 10.0 Å². The quantitative estimate of drug-likeness (QED) is 0.822. The number of nitrogens with zero attached hydrogens (tertiary/aromatic N) is 1. The van der Waals surface area contributed by atoms with Crippen LogP contribution in [0.3, 0.4) is 0 Å². The van der Waals surface area contributed by atoms with Gasteiger partial charge in [0, 0.05) is 18.8 Å². The number of anilines is 1. The standard InChI is InChI=1S/C12H19N3O2S/c1-3-9-7-11(9)15-18(16,17)10-5-6-12(13-4-2)14-8-10/h5-6,8-9,11,15H,3-4,7H2,1-2H3,(H,13,14). The van der Waals surface area contributed by atoms with Crippen LogP contribution in [-0.2, 0) is 10.0 Å². The molecule has 100 valence electrons. The number of hydrogen-bond acceptors (Lipinski definition) is 4. The molecule has 18 heavy (non-hydrogen) atoms. The summed E-state index contributed by atoms with van der Waals surface area (Å²) in [6, 6.07) is 3.37. The lowest BCUT2D eigenvalue weighted by Crippen LogP contribution is -2.27. The molecule has 0 aliphatic heterocycles. The Bertz CT molecular complexity index is 499. The van der Waals surface area contributed by atoms with Crippen molar-refractivity contribution < 1.29 is 8.42 Å². The smallest absolute Gasteiger partial charge is 0.242 e. The van der Waals surface area contributed by atoms with Crippen molar-refractivity contribution in [3.63, 3.8) is 0 Å². The van der Waals surface area contributed by atoms with E-state index < -0.39 is 10.0 Å². The number of rotatable bonds is 6. The lowest BCUT2D eigenvalue weighted by atomic mass is 10.3. The predicted octanol–water partition coefficient (Wildman–Crippen LogP) is 1.59. The van der Waals surface area contributed by atoms with Crippen LogP contribution in [-0.4, -0.2) is 26.0 Å². The molecule has 0 aromatic carbocycles. The number of sulfonamides is 1. The first kappa shape index (κ1) is 13.3. The van der Waals surface area contributed by atoms with E-state index in [0.717, 1.165) is 19.4 Å². The molecule has 1 saturated carbocycles. The summed E-state index contributed by atoms with van der Waals surface area (Å²) >= 11 is 0. The van der Waals surface area contributed by atoms with E-state index in [0.29, 0.717) is 11.7 Å². The molecular weight excluding hydrogens is 250 g/mol. The monoisotopic (exact) mass is 269 g/mol. The average molecular weight is 269 g/mol. The third-order valence-corrected chi connectivity index (χ3v) is 4.63. The Kier molecular flexibility index (Phi) is 3.87. The van der Waals surface area contributed by atoms with Gasteiger partial charge in [-0.15, -0.1) is 0 Å². The van der Waals surface area contributed by atoms with Gasteiger partial charge in [0.1, 0.15) is 10.7 Å². The molecule has 5 nitrogen and oxygen atoms in total. The van der Waals surface area contributed by atoms with Crippen molar-refractivity contribution >= 4 is 15.8 Å². The lowest BCUT2D eigenvalue weighted by molar-refractivity contribution is 0.575. The van der Waals surface area contributed by atoms with E-state index in [1.807, 2.05) is 6.92 Å². The minimum absolute atomic E-state index is 0.105. The van der Waals surface area contributed by atoms with Crippen molar-refractivity contribution in [2.75, 3.05) is 11.9 Å². The van der Waals surface area contributed by atoms with E-state index in [9.17, 15) is 8.42 Å². The van der Waals surface area contributed by atoms with Gasteiger partial charge in [-0.2, -0.15) is 0 Å². The minimum atomic E-state index is -3.41. The highest BCUT2D eigenvalue weighted by molar-refractivity contribution is 7.89. The summed E-state index contributed by atoms with van der Waals surface area (Å²) in [6.07, 6.45) is 3.35. The molecule has 1 aromatic heterocycles. The van der Waals surface area contributed by atoms with Crippen LogP contribution in [0.25, 0.3) is 0 Å². The van der Waals surface area contributed by atoms with Crippen LogP contribution in [0.1, 0.15) is 26.7 Å². The molecule has 0 bridgehead atoms. The van der Waals surface area contributed by atoms with Gasteiger partial charge >= 0.3 is 0 Å². The van der Waals surface area contributed by atoms with Crippen LogP contribution >= 0.6 is 0 Å². The van der Waals surface area contributed by atoms with E-state index in [1.54, 1.807) is 12.1 Å². The van der Waals surface area contributed by atoms with Crippen LogP contribution in [0.4, 0.5) is 5.82 Å². The summed E-state index contributed by atoms with van der Waals surface area (Å²) in [7, 11) is -3.41. The van der Waals surface area contributed by atoms with E-state index in [1.165, 1.54) is 6.20 Å². The second-order valence-corrected chi connectivity index (χ2v) is 6.26. The number of hydrogen-bond donors (Lipinski definition) is 2. The van der Waals surface area contributed by atoms with Crippen LogP contribution in [0, 0.1) is 5.92 Å². The van der Waals surface area contributed by atoms with Gasteiger partial charge in [-0.05, 0) is 31.4 Å². The fraction of sp³-hybridized carbons (Fsp3) is 0.583. The normalized spacial score (nSPS) is 22.8. The maximum absolute atomic E-state index is 12.0. The van der Waals surface area contributed by atoms with Crippen LogP contribution in [0.15, 0.2) is 23.2 Å². The third kappa shape index (κ3) is 3.00. The summed E-state index contributed by atoms with van der Waals surface area (Å²) in [5.74, 6) is 1.18. The molecule has 0 amide bonds. The van der Waals surface area contributed by atoms with Gasteiger partial charge in [-0.25, -0.2) is 18.1 Å². The van der Waals surface area contributed by atoms with Crippen LogP contribution in [0.2, 0.25) is 0 Å². The van der Waals surface area contributed by atoms with Gasteiger partial charge in [-0.1, -0.05) is 13.3 Å². The summed E-state index contributed by atoms with van der Waals surface area (Å²) in [5.41, 5.74) is 0. The van der Waals surface area contributed by atoms with Crippen molar-refractivity contribution in [3.05, 3.63) is 18.3 Å². The second kappa shape index (κ2) is 5.24. The van der Waals surface area contributed by atoms with Gasteiger partial charge in [-0.3, -0.25) is 0 Å². The molecule has 1 aliphatic rings. The molecule has 1 heterocycles. The van der Waals surface area contributed by atoms with Crippen LogP contribution < -0.4 is 10.0 Å². The first-order valence-corrected chi connectivity index (χ1v) is 7.77. The summed E-state index contributed by atoms with van der Waals surface area (Å²) < 4.78 is 26.8. The number of aromatic nitrogens is 1. The van der Waals surface area contributed by atoms with Crippen LogP contribution in [0.5, 0.6) is 0 Å². The Morgan fingerprint density at radius 3 is 2.67 bits per heavy atom. The molecule has 1 aliphatic carbocycles. The summed E-state index contributed by atoms with van der Waals surface area (Å²) in [4.78, 5) is 4.30. The molecule has 1 aromatic rings. The Morgan fingerprint density at radius 2 is 2.17 bits per heavy atom. The highest BCUT2D eigenvalue weighted by Crippen LogP contribution is 2.34. The van der Waals surface area contributed by atoms with Gasteiger partial charge in [0.25, 0.3) is 0 Å². The maximum atomic E-state index is 12.0. The zero-order chi connectivity index (χ0) is 13.2. The maximum Gasteiger partial charge on any atom is 0.242 e. The van der Waals surface area contributed by atoms with E-state index in [4.69, 9.17) is 0 Å². The SMILES string of the molecule is CCNc1ccc(S(=O)(=O)NC2CC2CC)cn1. The summed E-state index contributed by atoms with van der Waals surface area (Å²) in [6.45, 7) is 4.80. The molecule has 2 rings (SSSR count). The molecular formula is C12H19N3O2S. The van der Waals surface area contributed by atoms with E-state index >= 15 is 0 Å². The molecule has 1 fully saturated rings. The van der Waals surface area contributed by atoms with Crippen molar-refractivity contribution in [1.29, 1.82) is 0 Å². The van der Waals surface area contributed by atoms with Crippen molar-refractivity contribution in [2.45, 2.75) is 37.6 Å². The molecule has 6 heteroatoms. The Labute approximate surface area is 108 Å². The minimum Gasteiger partial charge on any atom is -0.370 e. The van der Waals surface area contributed by atoms with Gasteiger partial charge in [0.05, 0.1) is 0 Å². The zero-order valence-corrected chi connectivity index (χ0v) is 11.5. The molecule has 0 radical (unpaired) electrons. The molecule has 2 unspecified atom stereocenters. The topological polar surface area (TPSA) is 71.1 Å². The number of pyridine rings is 1. The predicted molar refractivity (Wildman–Crippen MR) is 70.9 cm³/mol. The van der Waals surface area contributed by atoms with E-state index in [2.05, 4.69) is 21.9 Å². The average Bonchev–Trinajstić information content (AvgIpc) is 3.08. The van der Waals surface area contributed by atoms with Crippen molar-refractivity contribution in [2.24, 2.45) is 5.92 Å².